The van der Waals surface area contributed by atoms with Gasteiger partial charge in [-0.15, -0.1) is 0 Å². The van der Waals surface area contributed by atoms with Crippen molar-refractivity contribution >= 4 is 17.9 Å². The summed E-state index contributed by atoms with van der Waals surface area (Å²) in [4.78, 5) is 29.8. The number of halogens is 4. The van der Waals surface area contributed by atoms with Crippen LogP contribution in [0.25, 0.3) is 0 Å². The van der Waals surface area contributed by atoms with Gasteiger partial charge in [0.05, 0.1) is 6.01 Å². The van der Waals surface area contributed by atoms with E-state index in [-0.39, 0.29) is 6.61 Å². The molecule has 4 atom stereocenters. The van der Waals surface area contributed by atoms with Crippen molar-refractivity contribution in [2.45, 2.75) is 24.4 Å². The fourth-order valence-corrected chi connectivity index (χ4v) is 3.32. The van der Waals surface area contributed by atoms with Crippen molar-refractivity contribution in [1.82, 2.24) is 5.32 Å². The third-order valence-corrected chi connectivity index (χ3v) is 4.60. The number of nitrogens with two attached hydrogens (primary N) is 1. The van der Waals surface area contributed by atoms with Gasteiger partial charge < -0.3 is 30.0 Å². The van der Waals surface area contributed by atoms with Crippen molar-refractivity contribution in [3.05, 3.63) is 34.4 Å². The molecular formula is C20H26F4N4O6. The van der Waals surface area contributed by atoms with E-state index in [1.165, 1.54) is 21.2 Å². The predicted octanol–water partition coefficient (Wildman–Crippen LogP) is 1.05. The number of carbonyl (C=O) groups excluding carboxylic acids is 2. The van der Waals surface area contributed by atoms with E-state index in [0.29, 0.717) is 0 Å². The lowest BCUT2D eigenvalue weighted by Gasteiger charge is -2.28. The monoisotopic (exact) mass is 494 g/mol. The van der Waals surface area contributed by atoms with Crippen molar-refractivity contribution in [3.63, 3.8) is 0 Å². The average Bonchev–Trinajstić information content (AvgIpc) is 3.39. The Bertz CT molecular complexity index is 936. The molecule has 2 heterocycles. The summed E-state index contributed by atoms with van der Waals surface area (Å²) in [5.74, 6) is -8.50. The van der Waals surface area contributed by atoms with Crippen LogP contribution in [0, 0.1) is 23.3 Å². The SMILES string of the molecule is CN.CN=C=NC.CNC(=O)COCC(=O)OC1C2O[C@@H](c3c(F)c(F)c(F)c(F)c32)[C@H]1OC. The second kappa shape index (κ2) is 13.7. The lowest BCUT2D eigenvalue weighted by atomic mass is 9.86. The molecule has 2 aliphatic heterocycles. The van der Waals surface area contributed by atoms with E-state index >= 15 is 0 Å². The van der Waals surface area contributed by atoms with Gasteiger partial charge in [-0.1, -0.05) is 0 Å². The minimum absolute atomic E-state index is 0.389. The summed E-state index contributed by atoms with van der Waals surface area (Å²) in [6, 6.07) is 2.36. The number of nitrogens with one attached hydrogen (secondary N) is 1. The summed E-state index contributed by atoms with van der Waals surface area (Å²) in [5.41, 5.74) is 3.46. The standard InChI is InChI=1S/C16H15F4NO6.C3H6N2.CH5N/c1-21-5(22)3-25-4-6(23)26-16-14-8-7(13(27-14)15(16)24-2)9(17)11(19)12(20)10(8)18;1-4-3-5-2;1-2/h13-16H,3-4H2,1-2H3,(H,21,22);1-2H3;2H2,1H3/t13-,14?,15+,16?;;/m0../s1. The summed E-state index contributed by atoms with van der Waals surface area (Å²) in [6.07, 6.45) is -4.95. The number of rotatable bonds is 6. The third kappa shape index (κ3) is 6.15. The Labute approximate surface area is 193 Å². The van der Waals surface area contributed by atoms with E-state index in [9.17, 15) is 27.2 Å². The lowest BCUT2D eigenvalue weighted by Crippen LogP contribution is -2.39. The van der Waals surface area contributed by atoms with Gasteiger partial charge in [0.15, 0.2) is 29.4 Å². The van der Waals surface area contributed by atoms with Gasteiger partial charge in [0, 0.05) is 39.4 Å². The van der Waals surface area contributed by atoms with Crippen molar-refractivity contribution in [2.75, 3.05) is 48.5 Å². The van der Waals surface area contributed by atoms with Crippen molar-refractivity contribution < 1.29 is 46.1 Å². The van der Waals surface area contributed by atoms with Crippen LogP contribution in [0.2, 0.25) is 0 Å². The van der Waals surface area contributed by atoms with Gasteiger partial charge in [-0.2, -0.15) is 0 Å². The maximum Gasteiger partial charge on any atom is 0.332 e. The largest absolute Gasteiger partial charge is 0.455 e. The van der Waals surface area contributed by atoms with E-state index in [0.717, 1.165) is 0 Å². The molecule has 1 saturated heterocycles. The molecule has 3 N–H and O–H groups in total. The van der Waals surface area contributed by atoms with Gasteiger partial charge in [0.25, 0.3) is 0 Å². The molecule has 2 aliphatic rings. The van der Waals surface area contributed by atoms with Gasteiger partial charge in [-0.05, 0) is 7.05 Å². The van der Waals surface area contributed by atoms with E-state index < -0.39 is 77.3 Å². The quantitative estimate of drug-likeness (QED) is 0.199. The Morgan fingerprint density at radius 2 is 1.47 bits per heavy atom. The number of amides is 1. The smallest absolute Gasteiger partial charge is 0.332 e. The van der Waals surface area contributed by atoms with Crippen LogP contribution >= 0.6 is 0 Å². The number of aliphatic imine (C=N–C) groups is 2. The molecule has 2 unspecified atom stereocenters. The molecule has 1 amide bonds. The fraction of sp³-hybridized carbons (Fsp3) is 0.550. The van der Waals surface area contributed by atoms with Gasteiger partial charge in [-0.3, -0.25) is 4.79 Å². The molecule has 1 aromatic rings. The van der Waals surface area contributed by atoms with Crippen LogP contribution in [0.1, 0.15) is 23.3 Å². The van der Waals surface area contributed by atoms with Gasteiger partial charge >= 0.3 is 5.97 Å². The first-order chi connectivity index (χ1) is 16.2. The first-order valence-corrected chi connectivity index (χ1v) is 9.75. The van der Waals surface area contributed by atoms with Crippen molar-refractivity contribution in [3.8, 4) is 0 Å². The molecular weight excluding hydrogens is 468 g/mol. The zero-order valence-electron chi connectivity index (χ0n) is 19.2. The third-order valence-electron chi connectivity index (χ3n) is 4.60. The summed E-state index contributed by atoms with van der Waals surface area (Å²) in [6.45, 7) is -0.987. The number of hydrogen-bond donors (Lipinski definition) is 2. The highest BCUT2D eigenvalue weighted by Crippen LogP contribution is 2.55. The molecule has 1 aromatic carbocycles. The molecule has 0 aromatic heterocycles. The van der Waals surface area contributed by atoms with Gasteiger partial charge in [0.1, 0.15) is 31.5 Å². The number of benzene rings is 1. The summed E-state index contributed by atoms with van der Waals surface area (Å²) in [7, 11) is 7.36. The number of esters is 1. The second-order valence-electron chi connectivity index (χ2n) is 6.43. The zero-order valence-corrected chi connectivity index (χ0v) is 19.2. The van der Waals surface area contributed by atoms with Crippen LogP contribution < -0.4 is 11.1 Å². The van der Waals surface area contributed by atoms with Crippen LogP contribution in [0.15, 0.2) is 9.98 Å². The molecule has 1 fully saturated rings. The van der Waals surface area contributed by atoms with E-state index in [4.69, 9.17) is 18.9 Å². The first-order valence-electron chi connectivity index (χ1n) is 9.75. The number of likely N-dealkylation sites (N-methyl/N-ethyl adjacent to an activating group) is 1. The van der Waals surface area contributed by atoms with Gasteiger partial charge in [-0.25, -0.2) is 32.3 Å². The average molecular weight is 494 g/mol. The molecule has 2 bridgehead atoms. The minimum Gasteiger partial charge on any atom is -0.455 e. The summed E-state index contributed by atoms with van der Waals surface area (Å²) in [5, 5.41) is 2.28. The lowest BCUT2D eigenvalue weighted by molar-refractivity contribution is -0.162. The highest BCUT2D eigenvalue weighted by Gasteiger charge is 2.58. The molecule has 34 heavy (non-hydrogen) atoms. The highest BCUT2D eigenvalue weighted by atomic mass is 19.2. The predicted molar refractivity (Wildman–Crippen MR) is 110 cm³/mol. The number of fused-ring (bicyclic) bond motifs is 5. The maximum atomic E-state index is 14.2. The zero-order chi connectivity index (χ0) is 26.0. The Morgan fingerprint density at radius 1 is 0.971 bits per heavy atom. The van der Waals surface area contributed by atoms with E-state index in [1.807, 2.05) is 0 Å². The Kier molecular flexibility index (Phi) is 11.8. The van der Waals surface area contributed by atoms with Crippen LogP contribution in [-0.4, -0.2) is 78.6 Å². The van der Waals surface area contributed by atoms with Crippen LogP contribution in [0.3, 0.4) is 0 Å². The van der Waals surface area contributed by atoms with E-state index in [2.05, 4.69) is 27.0 Å². The molecule has 0 spiro atoms. The number of nitrogens with zero attached hydrogens (tertiary/aromatic N) is 2. The normalized spacial score (nSPS) is 21.1. The number of carbonyl (C=O) groups is 2. The molecule has 0 radical (unpaired) electrons. The molecule has 3 rings (SSSR count). The Morgan fingerprint density at radius 3 is 1.88 bits per heavy atom. The van der Waals surface area contributed by atoms with Crippen LogP contribution in [0.5, 0.6) is 0 Å². The fourth-order valence-electron chi connectivity index (χ4n) is 3.32. The van der Waals surface area contributed by atoms with Gasteiger partial charge in [0.2, 0.25) is 5.91 Å². The minimum atomic E-state index is -1.98. The number of hydrogen-bond acceptors (Lipinski definition) is 9. The molecule has 0 saturated carbocycles. The molecule has 190 valence electrons. The van der Waals surface area contributed by atoms with Crippen molar-refractivity contribution in [1.29, 1.82) is 0 Å². The Balaban J connectivity index is 0.000000733. The maximum absolute atomic E-state index is 14.2. The molecule has 14 heteroatoms. The molecule has 0 aliphatic carbocycles. The van der Waals surface area contributed by atoms with Crippen molar-refractivity contribution in [2.24, 2.45) is 15.7 Å². The number of methoxy groups -OCH3 is 1. The summed E-state index contributed by atoms with van der Waals surface area (Å²) < 4.78 is 75.8. The van der Waals surface area contributed by atoms with Crippen LogP contribution in [0.4, 0.5) is 17.6 Å². The summed E-state index contributed by atoms with van der Waals surface area (Å²) >= 11 is 0. The highest BCUT2D eigenvalue weighted by molar-refractivity contribution is 5.77. The molecule has 10 nitrogen and oxygen atoms in total. The van der Waals surface area contributed by atoms with Crippen LogP contribution in [-0.2, 0) is 28.5 Å². The van der Waals surface area contributed by atoms with E-state index in [1.54, 1.807) is 14.1 Å². The first kappa shape index (κ1) is 29.1. The Hall–Kier alpha value is -2.90. The second-order valence-corrected chi connectivity index (χ2v) is 6.43. The topological polar surface area (TPSA) is 134 Å². The number of ether oxygens (including phenoxy) is 4.